The van der Waals surface area contributed by atoms with Crippen molar-refractivity contribution in [2.24, 2.45) is 10.3 Å². The Bertz CT molecular complexity index is 435. The highest BCUT2D eigenvalue weighted by atomic mass is 16.4. The van der Waals surface area contributed by atoms with E-state index >= 15 is 0 Å². The fourth-order valence-electron chi connectivity index (χ4n) is 2.27. The second kappa shape index (κ2) is 13.2. The SMILES string of the molecule is CCCC(CCN(C)C(=O)CC(=O)N(C)CCC(CCC)=NO)=NO. The summed E-state index contributed by atoms with van der Waals surface area (Å²) in [4.78, 5) is 27.2. The molecule has 0 aromatic rings. The molecule has 0 heterocycles. The second-order valence-electron chi connectivity index (χ2n) is 6.14. The van der Waals surface area contributed by atoms with Crippen LogP contribution in [0, 0.1) is 0 Å². The van der Waals surface area contributed by atoms with Gasteiger partial charge in [0.25, 0.3) is 0 Å². The van der Waals surface area contributed by atoms with Crippen LogP contribution >= 0.6 is 0 Å². The van der Waals surface area contributed by atoms with Crippen molar-refractivity contribution < 1.29 is 20.0 Å². The molecule has 0 atom stereocenters. The molecule has 0 saturated carbocycles. The molecule has 0 aliphatic heterocycles. The molecule has 0 aromatic heterocycles. The Hall–Kier alpha value is -2.12. The van der Waals surface area contributed by atoms with E-state index in [9.17, 15) is 9.59 Å². The summed E-state index contributed by atoms with van der Waals surface area (Å²) in [6, 6.07) is 0. The van der Waals surface area contributed by atoms with Crippen LogP contribution in [0.3, 0.4) is 0 Å². The van der Waals surface area contributed by atoms with E-state index in [1.165, 1.54) is 9.80 Å². The minimum absolute atomic E-state index is 0.203. The van der Waals surface area contributed by atoms with Crippen LogP contribution in [-0.2, 0) is 9.59 Å². The van der Waals surface area contributed by atoms with Crippen LogP contribution in [0.1, 0.15) is 58.8 Å². The van der Waals surface area contributed by atoms with Crippen LogP contribution < -0.4 is 0 Å². The summed E-state index contributed by atoms with van der Waals surface area (Å²) in [6.45, 7) is 4.80. The summed E-state index contributed by atoms with van der Waals surface area (Å²) in [5.74, 6) is -0.537. The van der Waals surface area contributed by atoms with Gasteiger partial charge < -0.3 is 20.2 Å². The van der Waals surface area contributed by atoms with E-state index in [0.717, 1.165) is 12.8 Å². The van der Waals surface area contributed by atoms with Crippen LogP contribution in [0.15, 0.2) is 10.3 Å². The number of oxime groups is 2. The van der Waals surface area contributed by atoms with Crippen molar-refractivity contribution in [1.29, 1.82) is 0 Å². The standard InChI is InChI=1S/C17H32N4O4/c1-5-7-14(18-24)9-11-20(3)16(22)13-17(23)21(4)12-10-15(19-25)8-6-2/h24-25H,5-13H2,1-4H3. The lowest BCUT2D eigenvalue weighted by Crippen LogP contribution is -2.36. The van der Waals surface area contributed by atoms with Gasteiger partial charge in [-0.25, -0.2) is 0 Å². The monoisotopic (exact) mass is 356 g/mol. The quantitative estimate of drug-likeness (QED) is 0.242. The lowest BCUT2D eigenvalue weighted by Gasteiger charge is -2.20. The van der Waals surface area contributed by atoms with Crippen LogP contribution in [0.4, 0.5) is 0 Å². The Labute approximate surface area is 150 Å². The molecule has 25 heavy (non-hydrogen) atoms. The molecule has 2 N–H and O–H groups in total. The minimum Gasteiger partial charge on any atom is -0.411 e. The summed E-state index contributed by atoms with van der Waals surface area (Å²) < 4.78 is 0. The maximum Gasteiger partial charge on any atom is 0.231 e. The maximum absolute atomic E-state index is 12.1. The van der Waals surface area contributed by atoms with E-state index in [1.807, 2.05) is 13.8 Å². The van der Waals surface area contributed by atoms with Crippen molar-refractivity contribution in [3.05, 3.63) is 0 Å². The Morgan fingerprint density at radius 2 is 1.12 bits per heavy atom. The summed E-state index contributed by atoms with van der Waals surface area (Å²) in [6.07, 6.45) is 3.90. The van der Waals surface area contributed by atoms with Gasteiger partial charge in [-0.1, -0.05) is 37.0 Å². The van der Waals surface area contributed by atoms with Gasteiger partial charge >= 0.3 is 0 Å². The number of carbonyl (C=O) groups excluding carboxylic acids is 2. The highest BCUT2D eigenvalue weighted by Crippen LogP contribution is 2.03. The molecular formula is C17H32N4O4. The van der Waals surface area contributed by atoms with Gasteiger partial charge in [0.05, 0.1) is 11.4 Å². The summed E-state index contributed by atoms with van der Waals surface area (Å²) in [7, 11) is 3.27. The normalized spacial score (nSPS) is 12.2. The van der Waals surface area contributed by atoms with Crippen molar-refractivity contribution in [2.75, 3.05) is 27.2 Å². The zero-order valence-electron chi connectivity index (χ0n) is 15.9. The van der Waals surface area contributed by atoms with E-state index in [1.54, 1.807) is 14.1 Å². The molecule has 8 heteroatoms. The zero-order valence-corrected chi connectivity index (χ0v) is 15.9. The largest absolute Gasteiger partial charge is 0.411 e. The van der Waals surface area contributed by atoms with E-state index < -0.39 is 0 Å². The summed E-state index contributed by atoms with van der Waals surface area (Å²) >= 11 is 0. The van der Waals surface area contributed by atoms with Crippen molar-refractivity contribution >= 4 is 23.2 Å². The molecule has 0 aliphatic rings. The van der Waals surface area contributed by atoms with Gasteiger partial charge in [-0.3, -0.25) is 9.59 Å². The van der Waals surface area contributed by atoms with Gasteiger partial charge in [-0.2, -0.15) is 0 Å². The van der Waals surface area contributed by atoms with Gasteiger partial charge in [0.15, 0.2) is 0 Å². The molecular weight excluding hydrogens is 324 g/mol. The first-order valence-corrected chi connectivity index (χ1v) is 8.77. The van der Waals surface area contributed by atoms with Gasteiger partial charge in [0.2, 0.25) is 11.8 Å². The van der Waals surface area contributed by atoms with Gasteiger partial charge in [-0.15, -0.1) is 0 Å². The number of amides is 2. The fourth-order valence-corrected chi connectivity index (χ4v) is 2.27. The molecule has 0 radical (unpaired) electrons. The number of nitrogens with zero attached hydrogens (tertiary/aromatic N) is 4. The first-order chi connectivity index (χ1) is 11.9. The van der Waals surface area contributed by atoms with Crippen molar-refractivity contribution in [3.63, 3.8) is 0 Å². The third kappa shape index (κ3) is 9.69. The molecule has 0 saturated heterocycles. The third-order valence-electron chi connectivity index (χ3n) is 3.99. The van der Waals surface area contributed by atoms with Gasteiger partial charge in [0.1, 0.15) is 6.42 Å². The molecule has 0 fully saturated rings. The van der Waals surface area contributed by atoms with E-state index in [-0.39, 0.29) is 18.2 Å². The highest BCUT2D eigenvalue weighted by Gasteiger charge is 2.18. The molecule has 0 aromatic carbocycles. The maximum atomic E-state index is 12.1. The Balaban J connectivity index is 4.32. The number of hydrogen-bond donors (Lipinski definition) is 2. The topological polar surface area (TPSA) is 106 Å². The average Bonchev–Trinajstić information content (AvgIpc) is 2.61. The molecule has 0 unspecified atom stereocenters. The molecule has 144 valence electrons. The predicted molar refractivity (Wildman–Crippen MR) is 97.4 cm³/mol. The van der Waals surface area contributed by atoms with E-state index in [2.05, 4.69) is 10.3 Å². The highest BCUT2D eigenvalue weighted by molar-refractivity contribution is 5.97. The predicted octanol–water partition coefficient (Wildman–Crippen LogP) is 2.33. The Morgan fingerprint density at radius 3 is 1.40 bits per heavy atom. The molecule has 8 nitrogen and oxygen atoms in total. The smallest absolute Gasteiger partial charge is 0.231 e. The lowest BCUT2D eigenvalue weighted by atomic mass is 10.1. The number of carbonyl (C=O) groups is 2. The summed E-state index contributed by atoms with van der Waals surface area (Å²) in [5.41, 5.74) is 1.30. The average molecular weight is 356 g/mol. The molecule has 0 aliphatic carbocycles. The van der Waals surface area contributed by atoms with Crippen molar-refractivity contribution in [3.8, 4) is 0 Å². The molecule has 0 bridgehead atoms. The second-order valence-corrected chi connectivity index (χ2v) is 6.14. The first kappa shape index (κ1) is 22.9. The van der Waals surface area contributed by atoms with Crippen LogP contribution in [-0.4, -0.2) is 70.6 Å². The minimum atomic E-state index is -0.268. The fraction of sp³-hybridized carbons (Fsp3) is 0.765. The molecule has 2 amide bonds. The Morgan fingerprint density at radius 1 is 0.760 bits per heavy atom. The van der Waals surface area contributed by atoms with Gasteiger partial charge in [0, 0.05) is 40.0 Å². The summed E-state index contributed by atoms with van der Waals surface area (Å²) in [5, 5.41) is 24.2. The molecule has 0 spiro atoms. The lowest BCUT2D eigenvalue weighted by molar-refractivity contribution is -0.139. The van der Waals surface area contributed by atoms with Gasteiger partial charge in [-0.05, 0) is 12.8 Å². The van der Waals surface area contributed by atoms with Crippen molar-refractivity contribution in [1.82, 2.24) is 9.80 Å². The third-order valence-corrected chi connectivity index (χ3v) is 3.99. The van der Waals surface area contributed by atoms with Crippen LogP contribution in [0.25, 0.3) is 0 Å². The number of hydrogen-bond acceptors (Lipinski definition) is 6. The van der Waals surface area contributed by atoms with Crippen LogP contribution in [0.2, 0.25) is 0 Å². The number of rotatable bonds is 12. The molecule has 0 rings (SSSR count). The van der Waals surface area contributed by atoms with E-state index in [4.69, 9.17) is 10.4 Å². The van der Waals surface area contributed by atoms with Crippen molar-refractivity contribution in [2.45, 2.75) is 58.8 Å². The first-order valence-electron chi connectivity index (χ1n) is 8.77. The van der Waals surface area contributed by atoms with E-state index in [0.29, 0.717) is 50.2 Å². The zero-order chi connectivity index (χ0) is 19.2. The Kier molecular flexibility index (Phi) is 12.1. The van der Waals surface area contributed by atoms with Crippen LogP contribution in [0.5, 0.6) is 0 Å².